The molecular formula is C20H33Cl2N3O. The number of nitrogens with one attached hydrogen (secondary N) is 2. The molecule has 2 aliphatic rings. The van der Waals surface area contributed by atoms with Gasteiger partial charge in [0.1, 0.15) is 0 Å². The lowest BCUT2D eigenvalue weighted by atomic mass is 9.85. The Kier molecular flexibility index (Phi) is 9.77. The molecule has 4 nitrogen and oxygen atoms in total. The molecule has 0 saturated carbocycles. The molecule has 26 heavy (non-hydrogen) atoms. The number of halogens is 2. The summed E-state index contributed by atoms with van der Waals surface area (Å²) in [4.78, 5) is 14.7. The molecule has 3 rings (SSSR count). The van der Waals surface area contributed by atoms with Crippen LogP contribution in [0.15, 0.2) is 24.3 Å². The molecule has 6 heteroatoms. The molecule has 1 aromatic rings. The highest BCUT2D eigenvalue weighted by Crippen LogP contribution is 2.31. The van der Waals surface area contributed by atoms with Crippen molar-refractivity contribution in [1.82, 2.24) is 10.6 Å². The van der Waals surface area contributed by atoms with E-state index in [1.807, 2.05) is 0 Å². The first-order chi connectivity index (χ1) is 11.6. The number of fused-ring (bicyclic) bond motifs is 1. The minimum atomic E-state index is 0. The summed E-state index contributed by atoms with van der Waals surface area (Å²) in [5, 5.41) is 6.58. The number of para-hydroxylation sites is 1. The highest BCUT2D eigenvalue weighted by molar-refractivity contribution is 5.85. The van der Waals surface area contributed by atoms with E-state index in [0.29, 0.717) is 24.3 Å². The van der Waals surface area contributed by atoms with Crippen molar-refractivity contribution >= 4 is 36.4 Å². The summed E-state index contributed by atoms with van der Waals surface area (Å²) in [6.45, 7) is 8.30. The molecule has 148 valence electrons. The van der Waals surface area contributed by atoms with Crippen LogP contribution in [0.4, 0.5) is 5.69 Å². The van der Waals surface area contributed by atoms with Crippen LogP contribution in [0.3, 0.4) is 0 Å². The molecule has 1 aromatic carbocycles. The number of amides is 1. The number of piperidine rings is 1. The van der Waals surface area contributed by atoms with Crippen LogP contribution in [-0.4, -0.2) is 38.1 Å². The molecular weight excluding hydrogens is 369 g/mol. The lowest BCUT2D eigenvalue weighted by molar-refractivity contribution is -0.122. The van der Waals surface area contributed by atoms with Gasteiger partial charge in [0.05, 0.1) is 0 Å². The van der Waals surface area contributed by atoms with Crippen LogP contribution in [0, 0.1) is 11.8 Å². The van der Waals surface area contributed by atoms with E-state index in [1.165, 1.54) is 24.1 Å². The number of benzene rings is 1. The number of carbonyl (C=O) groups is 1. The van der Waals surface area contributed by atoms with Crippen molar-refractivity contribution < 1.29 is 4.79 Å². The Hall–Kier alpha value is -0.970. The number of nitrogens with zero attached hydrogens (tertiary/aromatic N) is 1. The van der Waals surface area contributed by atoms with E-state index in [1.54, 1.807) is 0 Å². The quantitative estimate of drug-likeness (QED) is 0.767. The van der Waals surface area contributed by atoms with Crippen molar-refractivity contribution in [2.45, 2.75) is 45.6 Å². The smallest absolute Gasteiger partial charge is 0.220 e. The Morgan fingerprint density at radius 1 is 1.35 bits per heavy atom. The van der Waals surface area contributed by atoms with E-state index in [9.17, 15) is 4.79 Å². The molecule has 0 aliphatic carbocycles. The molecule has 3 unspecified atom stereocenters. The molecule has 0 radical (unpaired) electrons. The molecule has 1 amide bonds. The number of carbonyl (C=O) groups excluding carboxylic acids is 1. The van der Waals surface area contributed by atoms with Gasteiger partial charge in [-0.2, -0.15) is 0 Å². The van der Waals surface area contributed by atoms with Gasteiger partial charge in [0.2, 0.25) is 5.91 Å². The largest absolute Gasteiger partial charge is 0.367 e. The fourth-order valence-corrected chi connectivity index (χ4v) is 4.18. The maximum absolute atomic E-state index is 12.2. The van der Waals surface area contributed by atoms with Crippen molar-refractivity contribution in [1.29, 1.82) is 0 Å². The van der Waals surface area contributed by atoms with Crippen molar-refractivity contribution in [3.8, 4) is 0 Å². The standard InChI is InChI=1S/C20H31N3O.2ClH/c1-15(18-7-5-9-21-14-18)12-20(24)22-10-11-23-16(2)13-17-6-3-4-8-19(17)23;;/h3-4,6,8,15-16,18,21H,5,7,9-14H2,1-2H3,(H,22,24);2*1H. The van der Waals surface area contributed by atoms with Gasteiger partial charge in [-0.3, -0.25) is 4.79 Å². The number of rotatable bonds is 6. The Labute approximate surface area is 170 Å². The van der Waals surface area contributed by atoms with Gasteiger partial charge in [-0.15, -0.1) is 24.8 Å². The first-order valence-electron chi connectivity index (χ1n) is 9.47. The Morgan fingerprint density at radius 3 is 2.85 bits per heavy atom. The predicted octanol–water partition coefficient (Wildman–Crippen LogP) is 3.42. The van der Waals surface area contributed by atoms with Gasteiger partial charge in [0.15, 0.2) is 0 Å². The van der Waals surface area contributed by atoms with Crippen LogP contribution in [0.5, 0.6) is 0 Å². The first-order valence-corrected chi connectivity index (χ1v) is 9.47. The third kappa shape index (κ3) is 5.77. The van der Waals surface area contributed by atoms with Crippen LogP contribution in [0.2, 0.25) is 0 Å². The summed E-state index contributed by atoms with van der Waals surface area (Å²) in [7, 11) is 0. The maximum Gasteiger partial charge on any atom is 0.220 e. The highest BCUT2D eigenvalue weighted by atomic mass is 35.5. The lowest BCUT2D eigenvalue weighted by Crippen LogP contribution is -2.39. The van der Waals surface area contributed by atoms with Crippen LogP contribution >= 0.6 is 24.8 Å². The van der Waals surface area contributed by atoms with Gasteiger partial charge in [-0.1, -0.05) is 25.1 Å². The van der Waals surface area contributed by atoms with Gasteiger partial charge < -0.3 is 15.5 Å². The van der Waals surface area contributed by atoms with E-state index in [4.69, 9.17) is 0 Å². The third-order valence-electron chi connectivity index (χ3n) is 5.67. The van der Waals surface area contributed by atoms with Crippen LogP contribution in [-0.2, 0) is 11.2 Å². The van der Waals surface area contributed by atoms with E-state index in [-0.39, 0.29) is 30.7 Å². The average Bonchev–Trinajstić information content (AvgIpc) is 2.91. The Morgan fingerprint density at radius 2 is 2.12 bits per heavy atom. The summed E-state index contributed by atoms with van der Waals surface area (Å²) < 4.78 is 0. The topological polar surface area (TPSA) is 44.4 Å². The van der Waals surface area contributed by atoms with E-state index in [2.05, 4.69) is 53.6 Å². The SMILES string of the molecule is CC(CC(=O)NCCN1c2ccccc2CC1C)C1CCCNC1.Cl.Cl. The zero-order chi connectivity index (χ0) is 16.9. The zero-order valence-corrected chi connectivity index (χ0v) is 17.5. The first kappa shape index (κ1) is 23.1. The summed E-state index contributed by atoms with van der Waals surface area (Å²) in [5.41, 5.74) is 2.76. The van der Waals surface area contributed by atoms with Gasteiger partial charge in [0.25, 0.3) is 0 Å². The lowest BCUT2D eigenvalue weighted by Gasteiger charge is -2.28. The summed E-state index contributed by atoms with van der Waals surface area (Å²) in [5.74, 6) is 1.31. The summed E-state index contributed by atoms with van der Waals surface area (Å²) >= 11 is 0. The van der Waals surface area contributed by atoms with Gasteiger partial charge >= 0.3 is 0 Å². The average molecular weight is 402 g/mol. The highest BCUT2D eigenvalue weighted by Gasteiger charge is 2.25. The number of hydrogen-bond donors (Lipinski definition) is 2. The minimum absolute atomic E-state index is 0. The fourth-order valence-electron chi connectivity index (χ4n) is 4.18. The Balaban J connectivity index is 0.00000169. The summed E-state index contributed by atoms with van der Waals surface area (Å²) in [6.07, 6.45) is 4.25. The second-order valence-electron chi connectivity index (χ2n) is 7.51. The fraction of sp³-hybridized carbons (Fsp3) is 0.650. The third-order valence-corrected chi connectivity index (χ3v) is 5.67. The van der Waals surface area contributed by atoms with Crippen molar-refractivity contribution in [2.24, 2.45) is 11.8 Å². The zero-order valence-electron chi connectivity index (χ0n) is 15.9. The molecule has 2 N–H and O–H groups in total. The molecule has 3 atom stereocenters. The second kappa shape index (κ2) is 11.0. The van der Waals surface area contributed by atoms with Gasteiger partial charge in [-0.05, 0) is 62.7 Å². The molecule has 1 fully saturated rings. The maximum atomic E-state index is 12.2. The van der Waals surface area contributed by atoms with Crippen LogP contribution < -0.4 is 15.5 Å². The summed E-state index contributed by atoms with van der Waals surface area (Å²) in [6, 6.07) is 9.13. The van der Waals surface area contributed by atoms with E-state index < -0.39 is 0 Å². The molecule has 0 spiro atoms. The van der Waals surface area contributed by atoms with Gasteiger partial charge in [-0.25, -0.2) is 0 Å². The van der Waals surface area contributed by atoms with Crippen molar-refractivity contribution in [2.75, 3.05) is 31.1 Å². The molecule has 1 saturated heterocycles. The molecule has 0 aromatic heterocycles. The second-order valence-corrected chi connectivity index (χ2v) is 7.51. The molecule has 2 aliphatic heterocycles. The molecule has 0 bridgehead atoms. The minimum Gasteiger partial charge on any atom is -0.367 e. The van der Waals surface area contributed by atoms with Crippen LogP contribution in [0.25, 0.3) is 0 Å². The van der Waals surface area contributed by atoms with Crippen molar-refractivity contribution in [3.05, 3.63) is 29.8 Å². The predicted molar refractivity (Wildman–Crippen MR) is 114 cm³/mol. The number of anilines is 1. The van der Waals surface area contributed by atoms with E-state index >= 15 is 0 Å². The normalized spacial score (nSPS) is 22.6. The van der Waals surface area contributed by atoms with Crippen LogP contribution in [0.1, 0.15) is 38.7 Å². The monoisotopic (exact) mass is 401 g/mol. The van der Waals surface area contributed by atoms with E-state index in [0.717, 1.165) is 32.6 Å². The molecule has 2 heterocycles. The number of hydrogen-bond acceptors (Lipinski definition) is 3. The van der Waals surface area contributed by atoms with Gasteiger partial charge in [0, 0.05) is 31.2 Å². The van der Waals surface area contributed by atoms with Crippen molar-refractivity contribution in [3.63, 3.8) is 0 Å². The Bertz CT molecular complexity index is 564.